The molecule has 38 heavy (non-hydrogen) atoms. The Morgan fingerprint density at radius 3 is 1.05 bits per heavy atom. The molecule has 3 aromatic rings. The quantitative estimate of drug-likeness (QED) is 0.0848. The molecule has 0 N–H and O–H groups in total. The second-order valence-electron chi connectivity index (χ2n) is 11.5. The molecule has 0 heterocycles. The summed E-state index contributed by atoms with van der Waals surface area (Å²) in [7, 11) is 0. The lowest BCUT2D eigenvalue weighted by atomic mass is 9.86. The molecule has 0 spiro atoms. The molecule has 0 aliphatic carbocycles. The average molecular weight is 645 g/mol. The van der Waals surface area contributed by atoms with E-state index in [0.29, 0.717) is 0 Å². The molecule has 0 atom stereocenters. The van der Waals surface area contributed by atoms with Gasteiger partial charge >= 0.3 is 0 Å². The van der Waals surface area contributed by atoms with Gasteiger partial charge in [0.15, 0.2) is 0 Å². The standard InChI is InChI=1S/C36H52Br2/c1-3-5-7-9-11-13-15-17-19-21-31-32(22-20-18-16-14-12-10-8-6-4-2)36-28-30(38)24-26-34(36)33-25-23-29(37)27-35(31)33/h23-28H,3-22H2,1-2H3. The first kappa shape index (κ1) is 31.7. The molecular weight excluding hydrogens is 592 g/mol. The maximum absolute atomic E-state index is 3.79. The van der Waals surface area contributed by atoms with Crippen molar-refractivity contribution >= 4 is 53.4 Å². The fourth-order valence-electron chi connectivity index (χ4n) is 6.12. The number of hydrogen-bond donors (Lipinski definition) is 0. The Balaban J connectivity index is 1.70. The Labute approximate surface area is 251 Å². The highest BCUT2D eigenvalue weighted by Crippen LogP contribution is 2.37. The Bertz CT molecular complexity index is 997. The largest absolute Gasteiger partial charge is 0.0654 e. The molecule has 0 nitrogen and oxygen atoms in total. The summed E-state index contributed by atoms with van der Waals surface area (Å²) in [6, 6.07) is 13.9. The van der Waals surface area contributed by atoms with Gasteiger partial charge in [0, 0.05) is 8.95 Å². The van der Waals surface area contributed by atoms with Gasteiger partial charge in [-0.25, -0.2) is 0 Å². The monoisotopic (exact) mass is 642 g/mol. The predicted molar refractivity (Wildman–Crippen MR) is 179 cm³/mol. The van der Waals surface area contributed by atoms with E-state index in [1.807, 2.05) is 0 Å². The summed E-state index contributed by atoms with van der Waals surface area (Å²) in [4.78, 5) is 0. The first-order valence-corrected chi connectivity index (χ1v) is 17.6. The van der Waals surface area contributed by atoms with Crippen LogP contribution in [0.1, 0.15) is 141 Å². The lowest BCUT2D eigenvalue weighted by Gasteiger charge is -2.19. The minimum absolute atomic E-state index is 1.20. The van der Waals surface area contributed by atoms with Gasteiger partial charge in [0.2, 0.25) is 0 Å². The third-order valence-corrected chi connectivity index (χ3v) is 9.32. The highest BCUT2D eigenvalue weighted by atomic mass is 79.9. The van der Waals surface area contributed by atoms with Gasteiger partial charge in [-0.05, 0) is 82.6 Å². The SMILES string of the molecule is CCCCCCCCCCCc1c(CCCCCCCCCCC)c2cc(Br)ccc2c2ccc(Br)cc12. The molecule has 0 aliphatic heterocycles. The van der Waals surface area contributed by atoms with Gasteiger partial charge < -0.3 is 0 Å². The lowest BCUT2D eigenvalue weighted by Crippen LogP contribution is -2.00. The number of aryl methyl sites for hydroxylation is 2. The summed E-state index contributed by atoms with van der Waals surface area (Å²) in [5, 5.41) is 5.77. The Hall–Kier alpha value is -0.860. The summed E-state index contributed by atoms with van der Waals surface area (Å²) in [6.07, 6.45) is 27.4. The highest BCUT2D eigenvalue weighted by molar-refractivity contribution is 9.10. The second-order valence-corrected chi connectivity index (χ2v) is 13.3. The smallest absolute Gasteiger partial charge is 0.0181 e. The van der Waals surface area contributed by atoms with Crippen molar-refractivity contribution in [1.29, 1.82) is 0 Å². The third-order valence-electron chi connectivity index (χ3n) is 8.33. The Kier molecular flexibility index (Phi) is 15.4. The minimum Gasteiger partial charge on any atom is -0.0654 e. The normalized spacial score (nSPS) is 11.7. The van der Waals surface area contributed by atoms with Crippen LogP contribution in [0.15, 0.2) is 45.3 Å². The predicted octanol–water partition coefficient (Wildman–Crippen LogP) is 13.7. The average Bonchev–Trinajstić information content (AvgIpc) is 2.91. The van der Waals surface area contributed by atoms with E-state index in [9.17, 15) is 0 Å². The third kappa shape index (κ3) is 10.3. The van der Waals surface area contributed by atoms with Crippen LogP contribution in [0.25, 0.3) is 21.5 Å². The van der Waals surface area contributed by atoms with E-state index >= 15 is 0 Å². The minimum atomic E-state index is 1.20. The number of fused-ring (bicyclic) bond motifs is 3. The van der Waals surface area contributed by atoms with Crippen molar-refractivity contribution in [3.8, 4) is 0 Å². The second kappa shape index (κ2) is 18.5. The van der Waals surface area contributed by atoms with E-state index < -0.39 is 0 Å². The van der Waals surface area contributed by atoms with Crippen LogP contribution in [0.5, 0.6) is 0 Å². The highest BCUT2D eigenvalue weighted by Gasteiger charge is 2.15. The number of halogens is 2. The molecule has 3 rings (SSSR count). The molecule has 3 aromatic carbocycles. The van der Waals surface area contributed by atoms with E-state index in [1.165, 1.54) is 159 Å². The van der Waals surface area contributed by atoms with Crippen molar-refractivity contribution in [2.45, 2.75) is 142 Å². The molecule has 0 radical (unpaired) electrons. The van der Waals surface area contributed by atoms with Crippen LogP contribution in [0.3, 0.4) is 0 Å². The van der Waals surface area contributed by atoms with Gasteiger partial charge in [-0.2, -0.15) is 0 Å². The summed E-state index contributed by atoms with van der Waals surface area (Å²) in [5.74, 6) is 0. The van der Waals surface area contributed by atoms with Crippen molar-refractivity contribution in [3.63, 3.8) is 0 Å². The first-order valence-electron chi connectivity index (χ1n) is 16.0. The fraction of sp³-hybridized carbons (Fsp3) is 0.611. The molecule has 0 unspecified atom stereocenters. The van der Waals surface area contributed by atoms with Crippen LogP contribution in [-0.4, -0.2) is 0 Å². The van der Waals surface area contributed by atoms with Crippen molar-refractivity contribution in [3.05, 3.63) is 56.5 Å². The van der Waals surface area contributed by atoms with Gasteiger partial charge in [-0.1, -0.05) is 161 Å². The van der Waals surface area contributed by atoms with Gasteiger partial charge in [-0.15, -0.1) is 0 Å². The fourth-order valence-corrected chi connectivity index (χ4v) is 6.85. The van der Waals surface area contributed by atoms with E-state index in [2.05, 4.69) is 82.1 Å². The van der Waals surface area contributed by atoms with Gasteiger partial charge in [-0.3, -0.25) is 0 Å². The van der Waals surface area contributed by atoms with E-state index in [4.69, 9.17) is 0 Å². The molecule has 0 saturated heterocycles. The van der Waals surface area contributed by atoms with Crippen molar-refractivity contribution < 1.29 is 0 Å². The van der Waals surface area contributed by atoms with E-state index in [0.717, 1.165) is 0 Å². The molecule has 0 amide bonds. The van der Waals surface area contributed by atoms with Crippen LogP contribution in [-0.2, 0) is 12.8 Å². The summed E-state index contributed by atoms with van der Waals surface area (Å²) >= 11 is 7.58. The van der Waals surface area contributed by atoms with Crippen LogP contribution < -0.4 is 0 Å². The van der Waals surface area contributed by atoms with Gasteiger partial charge in [0.1, 0.15) is 0 Å². The van der Waals surface area contributed by atoms with E-state index in [1.54, 1.807) is 11.1 Å². The molecule has 0 aliphatic rings. The van der Waals surface area contributed by atoms with Crippen LogP contribution >= 0.6 is 31.9 Å². The number of unbranched alkanes of at least 4 members (excludes halogenated alkanes) is 16. The molecule has 0 bridgehead atoms. The Morgan fingerprint density at radius 2 is 0.711 bits per heavy atom. The first-order chi connectivity index (χ1) is 18.7. The molecule has 0 fully saturated rings. The van der Waals surface area contributed by atoms with Crippen molar-refractivity contribution in [2.24, 2.45) is 0 Å². The van der Waals surface area contributed by atoms with E-state index in [-0.39, 0.29) is 0 Å². The zero-order valence-electron chi connectivity index (χ0n) is 24.4. The van der Waals surface area contributed by atoms with Crippen molar-refractivity contribution in [1.82, 2.24) is 0 Å². The van der Waals surface area contributed by atoms with Crippen molar-refractivity contribution in [2.75, 3.05) is 0 Å². The lowest BCUT2D eigenvalue weighted by molar-refractivity contribution is 0.561. The topological polar surface area (TPSA) is 0 Å². The zero-order chi connectivity index (χ0) is 27.0. The van der Waals surface area contributed by atoms with Crippen LogP contribution in [0.2, 0.25) is 0 Å². The summed E-state index contributed by atoms with van der Waals surface area (Å²) in [6.45, 7) is 4.61. The van der Waals surface area contributed by atoms with Gasteiger partial charge in [0.25, 0.3) is 0 Å². The maximum Gasteiger partial charge on any atom is 0.0181 e. The van der Waals surface area contributed by atoms with Gasteiger partial charge in [0.05, 0.1) is 0 Å². The Morgan fingerprint density at radius 1 is 0.395 bits per heavy atom. The zero-order valence-corrected chi connectivity index (χ0v) is 27.5. The number of hydrogen-bond acceptors (Lipinski definition) is 0. The summed E-state index contributed by atoms with van der Waals surface area (Å²) in [5.41, 5.74) is 3.24. The maximum atomic E-state index is 3.79. The van der Waals surface area contributed by atoms with Crippen LogP contribution in [0, 0.1) is 0 Å². The number of rotatable bonds is 20. The molecule has 0 aromatic heterocycles. The molecule has 2 heteroatoms. The molecule has 210 valence electrons. The summed E-state index contributed by atoms with van der Waals surface area (Å²) < 4.78 is 2.40. The number of benzene rings is 3. The van der Waals surface area contributed by atoms with Crippen LogP contribution in [0.4, 0.5) is 0 Å². The molecular formula is C36H52Br2. The molecule has 0 saturated carbocycles.